The van der Waals surface area contributed by atoms with Gasteiger partial charge in [-0.2, -0.15) is 0 Å². The molecule has 4 rings (SSSR count). The molecule has 0 spiro atoms. The van der Waals surface area contributed by atoms with Crippen LogP contribution in [0.25, 0.3) is 0 Å². The van der Waals surface area contributed by atoms with Gasteiger partial charge in [-0.1, -0.05) is 30.2 Å². The molecule has 2 aliphatic heterocycles. The molecule has 152 valence electrons. The SMILES string of the molecule is O=C(NCC1(c2ccc(Cl)cc2)CCC1)C1CCN(C(=O)N2CCCC2)CC1. The van der Waals surface area contributed by atoms with E-state index in [1.54, 1.807) is 0 Å². The Bertz CT molecular complexity index is 703. The second-order valence-corrected chi connectivity index (χ2v) is 9.03. The molecule has 2 saturated heterocycles. The van der Waals surface area contributed by atoms with Crippen molar-refractivity contribution in [2.24, 2.45) is 5.92 Å². The summed E-state index contributed by atoms with van der Waals surface area (Å²) in [4.78, 5) is 29.1. The van der Waals surface area contributed by atoms with Crippen molar-refractivity contribution >= 4 is 23.5 Å². The number of likely N-dealkylation sites (tertiary alicyclic amines) is 2. The number of benzene rings is 1. The summed E-state index contributed by atoms with van der Waals surface area (Å²) >= 11 is 6.03. The summed E-state index contributed by atoms with van der Waals surface area (Å²) in [6.07, 6.45) is 7.17. The largest absolute Gasteiger partial charge is 0.355 e. The number of rotatable bonds is 4. The molecule has 5 nitrogen and oxygen atoms in total. The van der Waals surface area contributed by atoms with Gasteiger partial charge in [0.2, 0.25) is 5.91 Å². The molecule has 0 aromatic heterocycles. The van der Waals surface area contributed by atoms with Crippen LogP contribution >= 0.6 is 11.6 Å². The van der Waals surface area contributed by atoms with Crippen molar-refractivity contribution < 1.29 is 9.59 Å². The highest BCUT2D eigenvalue weighted by molar-refractivity contribution is 6.30. The second kappa shape index (κ2) is 8.32. The lowest BCUT2D eigenvalue weighted by atomic mass is 9.64. The predicted octanol–water partition coefficient (Wildman–Crippen LogP) is 3.81. The first kappa shape index (κ1) is 19.6. The van der Waals surface area contributed by atoms with Crippen molar-refractivity contribution in [2.75, 3.05) is 32.7 Å². The molecule has 3 aliphatic rings. The molecular formula is C22H30ClN3O2. The number of piperidine rings is 1. The Morgan fingerprint density at radius 2 is 1.57 bits per heavy atom. The fourth-order valence-corrected chi connectivity index (χ4v) is 4.94. The molecule has 28 heavy (non-hydrogen) atoms. The molecule has 0 bridgehead atoms. The van der Waals surface area contributed by atoms with E-state index in [1.165, 1.54) is 12.0 Å². The molecule has 0 radical (unpaired) electrons. The minimum atomic E-state index is 0.0185. The van der Waals surface area contributed by atoms with Crippen molar-refractivity contribution in [3.8, 4) is 0 Å². The number of halogens is 1. The van der Waals surface area contributed by atoms with Crippen LogP contribution in [0.2, 0.25) is 5.02 Å². The number of carbonyl (C=O) groups excluding carboxylic acids is 2. The van der Waals surface area contributed by atoms with E-state index in [0.29, 0.717) is 19.6 Å². The Hall–Kier alpha value is -1.75. The quantitative estimate of drug-likeness (QED) is 0.831. The molecule has 0 unspecified atom stereocenters. The van der Waals surface area contributed by atoms with Gasteiger partial charge in [0.25, 0.3) is 0 Å². The smallest absolute Gasteiger partial charge is 0.319 e. The van der Waals surface area contributed by atoms with Crippen LogP contribution in [-0.2, 0) is 10.2 Å². The summed E-state index contributed by atoms with van der Waals surface area (Å²) in [6.45, 7) is 3.84. The van der Waals surface area contributed by atoms with Crippen molar-refractivity contribution in [1.29, 1.82) is 0 Å². The fraction of sp³-hybridized carbons (Fsp3) is 0.636. The molecule has 1 aromatic carbocycles. The number of urea groups is 1. The normalized spacial score (nSPS) is 22.0. The van der Waals surface area contributed by atoms with Crippen LogP contribution in [0.5, 0.6) is 0 Å². The highest BCUT2D eigenvalue weighted by atomic mass is 35.5. The van der Waals surface area contributed by atoms with Gasteiger partial charge in [-0.3, -0.25) is 4.79 Å². The number of amides is 3. The van der Waals surface area contributed by atoms with Gasteiger partial charge in [0.1, 0.15) is 0 Å². The lowest BCUT2D eigenvalue weighted by Gasteiger charge is -2.43. The van der Waals surface area contributed by atoms with Crippen LogP contribution < -0.4 is 5.32 Å². The van der Waals surface area contributed by atoms with E-state index in [1.807, 2.05) is 21.9 Å². The predicted molar refractivity (Wildman–Crippen MR) is 110 cm³/mol. The molecule has 0 atom stereocenters. The van der Waals surface area contributed by atoms with Crippen LogP contribution in [-0.4, -0.2) is 54.5 Å². The molecule has 1 N–H and O–H groups in total. The van der Waals surface area contributed by atoms with Crippen LogP contribution in [0.3, 0.4) is 0 Å². The summed E-state index contributed by atoms with van der Waals surface area (Å²) in [5, 5.41) is 3.97. The maximum Gasteiger partial charge on any atom is 0.319 e. The third-order valence-electron chi connectivity index (χ3n) is 6.88. The number of carbonyl (C=O) groups is 2. The van der Waals surface area contributed by atoms with Crippen LogP contribution in [0, 0.1) is 5.92 Å². The topological polar surface area (TPSA) is 52.7 Å². The van der Waals surface area contributed by atoms with Crippen molar-refractivity contribution in [3.63, 3.8) is 0 Å². The average Bonchev–Trinajstić information content (AvgIpc) is 3.22. The zero-order valence-electron chi connectivity index (χ0n) is 16.5. The van der Waals surface area contributed by atoms with E-state index in [-0.39, 0.29) is 23.3 Å². The summed E-state index contributed by atoms with van der Waals surface area (Å²) in [6, 6.07) is 8.22. The summed E-state index contributed by atoms with van der Waals surface area (Å²) in [5.74, 6) is 0.165. The Labute approximate surface area is 172 Å². The lowest BCUT2D eigenvalue weighted by Crippen LogP contribution is -2.50. The fourth-order valence-electron chi connectivity index (χ4n) is 4.82. The van der Waals surface area contributed by atoms with Crippen LogP contribution in [0.15, 0.2) is 24.3 Å². The van der Waals surface area contributed by atoms with Crippen LogP contribution in [0.4, 0.5) is 4.79 Å². The lowest BCUT2D eigenvalue weighted by molar-refractivity contribution is -0.126. The van der Waals surface area contributed by atoms with Gasteiger partial charge in [-0.15, -0.1) is 0 Å². The number of nitrogens with one attached hydrogen (secondary N) is 1. The molecule has 3 fully saturated rings. The van der Waals surface area contributed by atoms with Gasteiger partial charge < -0.3 is 15.1 Å². The minimum absolute atomic E-state index is 0.0185. The monoisotopic (exact) mass is 403 g/mol. The van der Waals surface area contributed by atoms with E-state index in [9.17, 15) is 9.59 Å². The molecular weight excluding hydrogens is 374 g/mol. The van der Waals surface area contributed by atoms with E-state index in [4.69, 9.17) is 11.6 Å². The third kappa shape index (κ3) is 4.00. The Balaban J connectivity index is 1.27. The van der Waals surface area contributed by atoms with E-state index >= 15 is 0 Å². The van der Waals surface area contributed by atoms with Crippen molar-refractivity contribution in [1.82, 2.24) is 15.1 Å². The summed E-state index contributed by atoms with van der Waals surface area (Å²) < 4.78 is 0. The Kier molecular flexibility index (Phi) is 5.81. The number of hydrogen-bond donors (Lipinski definition) is 1. The molecule has 2 heterocycles. The molecule has 6 heteroatoms. The average molecular weight is 404 g/mol. The molecule has 1 saturated carbocycles. The third-order valence-corrected chi connectivity index (χ3v) is 7.13. The second-order valence-electron chi connectivity index (χ2n) is 8.60. The van der Waals surface area contributed by atoms with Gasteiger partial charge in [-0.05, 0) is 56.2 Å². The molecule has 1 aromatic rings. The van der Waals surface area contributed by atoms with Gasteiger partial charge in [0, 0.05) is 49.1 Å². The number of nitrogens with zero attached hydrogens (tertiary/aromatic N) is 2. The molecule has 3 amide bonds. The highest BCUT2D eigenvalue weighted by Crippen LogP contribution is 2.43. The first-order chi connectivity index (χ1) is 13.6. The van der Waals surface area contributed by atoms with Crippen LogP contribution in [0.1, 0.15) is 50.5 Å². The Morgan fingerprint density at radius 3 is 2.14 bits per heavy atom. The van der Waals surface area contributed by atoms with E-state index < -0.39 is 0 Å². The zero-order valence-corrected chi connectivity index (χ0v) is 17.2. The van der Waals surface area contributed by atoms with Gasteiger partial charge >= 0.3 is 6.03 Å². The number of hydrogen-bond acceptors (Lipinski definition) is 2. The molecule has 1 aliphatic carbocycles. The van der Waals surface area contributed by atoms with Gasteiger partial charge in [0.15, 0.2) is 0 Å². The minimum Gasteiger partial charge on any atom is -0.355 e. The highest BCUT2D eigenvalue weighted by Gasteiger charge is 2.39. The Morgan fingerprint density at radius 1 is 0.964 bits per heavy atom. The van der Waals surface area contributed by atoms with Gasteiger partial charge in [0.05, 0.1) is 0 Å². The maximum atomic E-state index is 12.8. The van der Waals surface area contributed by atoms with Crippen molar-refractivity contribution in [2.45, 2.75) is 50.4 Å². The summed E-state index contributed by atoms with van der Waals surface area (Å²) in [5.41, 5.74) is 1.33. The van der Waals surface area contributed by atoms with Gasteiger partial charge in [-0.25, -0.2) is 4.79 Å². The van der Waals surface area contributed by atoms with Crippen molar-refractivity contribution in [3.05, 3.63) is 34.9 Å². The first-order valence-corrected chi connectivity index (χ1v) is 11.0. The first-order valence-electron chi connectivity index (χ1n) is 10.7. The standard InChI is InChI=1S/C22H30ClN3O2/c23-19-6-4-18(5-7-19)22(10-3-11-22)16-24-20(27)17-8-14-26(15-9-17)21(28)25-12-1-2-13-25/h4-7,17H,1-3,8-16H2,(H,24,27). The summed E-state index contributed by atoms with van der Waals surface area (Å²) in [7, 11) is 0. The van der Waals surface area contributed by atoms with E-state index in [2.05, 4.69) is 17.4 Å². The van der Waals surface area contributed by atoms with E-state index in [0.717, 1.165) is 56.6 Å². The maximum absolute atomic E-state index is 12.8. The zero-order chi connectivity index (χ0) is 19.6.